The second-order valence-electron chi connectivity index (χ2n) is 4.64. The normalized spacial score (nSPS) is 10.4. The van der Waals surface area contributed by atoms with Crippen molar-refractivity contribution in [2.45, 2.75) is 29.6 Å². The molecule has 0 aromatic heterocycles. The molecule has 110 valence electrons. The van der Waals surface area contributed by atoms with E-state index in [2.05, 4.69) is 13.0 Å². The molecule has 2 aromatic carbocycles. The van der Waals surface area contributed by atoms with E-state index >= 15 is 0 Å². The third-order valence-corrected chi connectivity index (χ3v) is 4.14. The van der Waals surface area contributed by atoms with Crippen LogP contribution in [-0.2, 0) is 17.6 Å². The quantitative estimate of drug-likeness (QED) is 0.875. The van der Waals surface area contributed by atoms with Gasteiger partial charge in [-0.15, -0.1) is 0 Å². The van der Waals surface area contributed by atoms with E-state index in [4.69, 9.17) is 9.84 Å². The summed E-state index contributed by atoms with van der Waals surface area (Å²) < 4.78 is 5.33. The molecule has 0 saturated heterocycles. The summed E-state index contributed by atoms with van der Waals surface area (Å²) in [7, 11) is 1.68. The zero-order valence-corrected chi connectivity index (χ0v) is 12.9. The number of benzene rings is 2. The van der Waals surface area contributed by atoms with Crippen LogP contribution in [-0.4, -0.2) is 18.2 Å². The summed E-state index contributed by atoms with van der Waals surface area (Å²) in [6, 6.07) is 13.8. The topological polar surface area (TPSA) is 46.5 Å². The Morgan fingerprint density at radius 3 is 2.38 bits per heavy atom. The molecule has 0 heterocycles. The summed E-state index contributed by atoms with van der Waals surface area (Å²) in [6.45, 7) is 2.10. The molecule has 0 amide bonds. The average Bonchev–Trinajstić information content (AvgIpc) is 2.48. The zero-order chi connectivity index (χ0) is 15.2. The van der Waals surface area contributed by atoms with Crippen LogP contribution in [0.4, 0.5) is 0 Å². The number of carbonyl (C=O) groups is 1. The first-order valence-corrected chi connectivity index (χ1v) is 7.59. The fraction of sp³-hybridized carbons (Fsp3) is 0.235. The second-order valence-corrected chi connectivity index (χ2v) is 5.79. The van der Waals surface area contributed by atoms with Crippen LogP contribution in [0, 0.1) is 0 Å². The first kappa shape index (κ1) is 15.4. The highest BCUT2D eigenvalue weighted by Crippen LogP contribution is 2.31. The first-order chi connectivity index (χ1) is 10.1. The molecule has 0 saturated carbocycles. The molecule has 0 spiro atoms. The maximum absolute atomic E-state index is 10.7. The zero-order valence-electron chi connectivity index (χ0n) is 12.1. The lowest BCUT2D eigenvalue weighted by Gasteiger charge is -2.09. The SMILES string of the molecule is CCc1cc(Sc2ccc(CC(=O)O)cc2)ccc1OC. The molecule has 0 atom stereocenters. The van der Waals surface area contributed by atoms with E-state index in [1.807, 2.05) is 36.4 Å². The van der Waals surface area contributed by atoms with Crippen molar-refractivity contribution in [3.63, 3.8) is 0 Å². The summed E-state index contributed by atoms with van der Waals surface area (Å²) in [5, 5.41) is 8.76. The van der Waals surface area contributed by atoms with E-state index in [-0.39, 0.29) is 6.42 Å². The highest BCUT2D eigenvalue weighted by Gasteiger charge is 2.05. The fourth-order valence-electron chi connectivity index (χ4n) is 2.08. The fourth-order valence-corrected chi connectivity index (χ4v) is 2.96. The van der Waals surface area contributed by atoms with Crippen molar-refractivity contribution in [2.75, 3.05) is 7.11 Å². The van der Waals surface area contributed by atoms with Gasteiger partial charge in [0.25, 0.3) is 0 Å². The molecule has 0 aliphatic rings. The number of ether oxygens (including phenoxy) is 1. The molecular weight excluding hydrogens is 284 g/mol. The molecule has 1 N–H and O–H groups in total. The Morgan fingerprint density at radius 1 is 1.14 bits per heavy atom. The second kappa shape index (κ2) is 7.18. The van der Waals surface area contributed by atoms with E-state index in [1.54, 1.807) is 18.9 Å². The van der Waals surface area contributed by atoms with E-state index in [1.165, 1.54) is 5.56 Å². The third-order valence-electron chi connectivity index (χ3n) is 3.15. The van der Waals surface area contributed by atoms with Gasteiger partial charge < -0.3 is 9.84 Å². The minimum Gasteiger partial charge on any atom is -0.496 e. The average molecular weight is 302 g/mol. The minimum absolute atomic E-state index is 0.0630. The number of aryl methyl sites for hydroxylation is 1. The molecule has 2 aromatic rings. The Balaban J connectivity index is 2.12. The van der Waals surface area contributed by atoms with Gasteiger partial charge in [0.2, 0.25) is 0 Å². The number of rotatable bonds is 6. The molecule has 0 aliphatic heterocycles. The van der Waals surface area contributed by atoms with E-state index in [0.717, 1.165) is 27.5 Å². The van der Waals surface area contributed by atoms with Gasteiger partial charge in [0, 0.05) is 9.79 Å². The van der Waals surface area contributed by atoms with Gasteiger partial charge in [0.05, 0.1) is 13.5 Å². The first-order valence-electron chi connectivity index (χ1n) is 6.78. The molecule has 0 radical (unpaired) electrons. The summed E-state index contributed by atoms with van der Waals surface area (Å²) in [5.41, 5.74) is 2.00. The van der Waals surface area contributed by atoms with Crippen molar-refractivity contribution in [1.82, 2.24) is 0 Å². The number of carboxylic acids is 1. The van der Waals surface area contributed by atoms with Crippen LogP contribution in [0.2, 0.25) is 0 Å². The Bertz CT molecular complexity index is 620. The summed E-state index contributed by atoms with van der Waals surface area (Å²) in [6.07, 6.45) is 0.989. The van der Waals surface area contributed by atoms with Crippen molar-refractivity contribution in [3.8, 4) is 5.75 Å². The molecule has 0 unspecified atom stereocenters. The number of carboxylic acid groups (broad SMARTS) is 1. The maximum Gasteiger partial charge on any atom is 0.307 e. The molecule has 4 heteroatoms. The highest BCUT2D eigenvalue weighted by molar-refractivity contribution is 7.99. The highest BCUT2D eigenvalue weighted by atomic mass is 32.2. The predicted octanol–water partition coefficient (Wildman–Crippen LogP) is 4.04. The van der Waals surface area contributed by atoms with Gasteiger partial charge in [0.1, 0.15) is 5.75 Å². The Hall–Kier alpha value is -1.94. The number of hydrogen-bond donors (Lipinski definition) is 1. The summed E-state index contributed by atoms with van der Waals surface area (Å²) in [5.74, 6) is 0.108. The van der Waals surface area contributed by atoms with Crippen LogP contribution in [0.5, 0.6) is 5.75 Å². The van der Waals surface area contributed by atoms with Crippen LogP contribution in [0.25, 0.3) is 0 Å². The summed E-state index contributed by atoms with van der Waals surface area (Å²) in [4.78, 5) is 12.9. The Kier molecular flexibility index (Phi) is 5.28. The number of hydrogen-bond acceptors (Lipinski definition) is 3. The van der Waals surface area contributed by atoms with E-state index < -0.39 is 5.97 Å². The predicted molar refractivity (Wildman–Crippen MR) is 84.3 cm³/mol. The molecule has 0 bridgehead atoms. The van der Waals surface area contributed by atoms with Crippen molar-refractivity contribution >= 4 is 17.7 Å². The van der Waals surface area contributed by atoms with Crippen LogP contribution < -0.4 is 4.74 Å². The van der Waals surface area contributed by atoms with Gasteiger partial charge in [-0.2, -0.15) is 0 Å². The maximum atomic E-state index is 10.7. The smallest absolute Gasteiger partial charge is 0.307 e. The van der Waals surface area contributed by atoms with Crippen LogP contribution >= 0.6 is 11.8 Å². The molecule has 0 fully saturated rings. The van der Waals surface area contributed by atoms with Crippen molar-refractivity contribution in [2.24, 2.45) is 0 Å². The van der Waals surface area contributed by atoms with Crippen molar-refractivity contribution in [3.05, 3.63) is 53.6 Å². The van der Waals surface area contributed by atoms with Crippen molar-refractivity contribution in [1.29, 1.82) is 0 Å². The lowest BCUT2D eigenvalue weighted by atomic mass is 10.1. The molecule has 0 aliphatic carbocycles. The van der Waals surface area contributed by atoms with Crippen molar-refractivity contribution < 1.29 is 14.6 Å². The van der Waals surface area contributed by atoms with Crippen LogP contribution in [0.1, 0.15) is 18.1 Å². The van der Waals surface area contributed by atoms with Crippen LogP contribution in [0.15, 0.2) is 52.3 Å². The lowest BCUT2D eigenvalue weighted by molar-refractivity contribution is -0.136. The molecule has 21 heavy (non-hydrogen) atoms. The van der Waals surface area contributed by atoms with E-state index in [0.29, 0.717) is 0 Å². The molecule has 2 rings (SSSR count). The van der Waals surface area contributed by atoms with Gasteiger partial charge >= 0.3 is 5.97 Å². The monoisotopic (exact) mass is 302 g/mol. The minimum atomic E-state index is -0.807. The van der Waals surface area contributed by atoms with Gasteiger partial charge in [-0.05, 0) is 47.9 Å². The van der Waals surface area contributed by atoms with Gasteiger partial charge in [-0.1, -0.05) is 30.8 Å². The van der Waals surface area contributed by atoms with Crippen LogP contribution in [0.3, 0.4) is 0 Å². The number of methoxy groups -OCH3 is 1. The largest absolute Gasteiger partial charge is 0.496 e. The molecular formula is C17H18O3S. The Labute approximate surface area is 129 Å². The lowest BCUT2D eigenvalue weighted by Crippen LogP contribution is -1.99. The molecule has 3 nitrogen and oxygen atoms in total. The van der Waals surface area contributed by atoms with Gasteiger partial charge in [-0.3, -0.25) is 4.79 Å². The van der Waals surface area contributed by atoms with Gasteiger partial charge in [0.15, 0.2) is 0 Å². The summed E-state index contributed by atoms with van der Waals surface area (Å²) >= 11 is 1.66. The number of aliphatic carboxylic acids is 1. The Morgan fingerprint density at radius 2 is 1.81 bits per heavy atom. The van der Waals surface area contributed by atoms with Gasteiger partial charge in [-0.25, -0.2) is 0 Å². The third kappa shape index (κ3) is 4.26. The van der Waals surface area contributed by atoms with E-state index in [9.17, 15) is 4.79 Å². The standard InChI is InChI=1S/C17H18O3S/c1-3-13-11-15(8-9-16(13)20-2)21-14-6-4-12(5-7-14)10-17(18)19/h4-9,11H,3,10H2,1-2H3,(H,18,19).